The summed E-state index contributed by atoms with van der Waals surface area (Å²) in [5.74, 6) is 0. The second kappa shape index (κ2) is 3.54. The Morgan fingerprint density at radius 1 is 1.62 bits per heavy atom. The van der Waals surface area contributed by atoms with Crippen molar-refractivity contribution in [2.75, 3.05) is 0 Å². The summed E-state index contributed by atoms with van der Waals surface area (Å²) in [6.07, 6.45) is 2.69. The van der Waals surface area contributed by atoms with Crippen molar-refractivity contribution in [3.05, 3.63) is 29.3 Å². The maximum Gasteiger partial charge on any atom is 0.124 e. The summed E-state index contributed by atoms with van der Waals surface area (Å²) < 4.78 is 0. The smallest absolute Gasteiger partial charge is 0.124 e. The molecule has 0 saturated carbocycles. The van der Waals surface area contributed by atoms with E-state index in [0.29, 0.717) is 11.7 Å². The normalized spacial score (nSPS) is 19.9. The summed E-state index contributed by atoms with van der Waals surface area (Å²) >= 11 is 1.90. The molecule has 0 aromatic heterocycles. The number of carbonyl (C=O) groups is 1. The van der Waals surface area contributed by atoms with Crippen molar-refractivity contribution in [2.45, 2.75) is 29.9 Å². The summed E-state index contributed by atoms with van der Waals surface area (Å²) in [5.41, 5.74) is 2.61. The summed E-state index contributed by atoms with van der Waals surface area (Å²) in [4.78, 5) is 11.8. The first-order chi connectivity index (χ1) is 6.31. The van der Waals surface area contributed by atoms with Gasteiger partial charge in [-0.2, -0.15) is 0 Å². The van der Waals surface area contributed by atoms with Crippen LogP contribution >= 0.6 is 11.8 Å². The molecule has 1 aromatic carbocycles. The highest BCUT2D eigenvalue weighted by atomic mass is 32.2. The Labute approximate surface area is 82.5 Å². The Bertz CT molecular complexity index is 333. The predicted octanol–water partition coefficient (Wildman–Crippen LogP) is 2.46. The zero-order chi connectivity index (χ0) is 9.26. The molecule has 1 heterocycles. The molecule has 0 N–H and O–H groups in total. The first-order valence-electron chi connectivity index (χ1n) is 4.52. The molecule has 2 heteroatoms. The minimum atomic E-state index is 0.558. The minimum absolute atomic E-state index is 0.558. The van der Waals surface area contributed by atoms with Gasteiger partial charge in [0.15, 0.2) is 0 Å². The van der Waals surface area contributed by atoms with Gasteiger partial charge in [-0.05, 0) is 17.5 Å². The van der Waals surface area contributed by atoms with Gasteiger partial charge in [-0.3, -0.25) is 0 Å². The van der Waals surface area contributed by atoms with E-state index in [1.807, 2.05) is 11.8 Å². The number of fused-ring (bicyclic) bond motifs is 1. The highest BCUT2D eigenvalue weighted by Crippen LogP contribution is 2.38. The first-order valence-corrected chi connectivity index (χ1v) is 5.40. The average molecular weight is 192 g/mol. The SMILES string of the molecule is CC1Cc2cccc(CC=O)c2S1. The van der Waals surface area contributed by atoms with Crippen LogP contribution in [0, 0.1) is 0 Å². The maximum absolute atomic E-state index is 10.4. The highest BCUT2D eigenvalue weighted by molar-refractivity contribution is 8.00. The van der Waals surface area contributed by atoms with E-state index >= 15 is 0 Å². The van der Waals surface area contributed by atoms with Gasteiger partial charge in [0.2, 0.25) is 0 Å². The molecule has 0 aliphatic carbocycles. The second-order valence-corrected chi connectivity index (χ2v) is 4.86. The van der Waals surface area contributed by atoms with Crippen molar-refractivity contribution in [3.8, 4) is 0 Å². The van der Waals surface area contributed by atoms with E-state index < -0.39 is 0 Å². The largest absolute Gasteiger partial charge is 0.303 e. The summed E-state index contributed by atoms with van der Waals surface area (Å²) in [6, 6.07) is 6.27. The van der Waals surface area contributed by atoms with Gasteiger partial charge in [0, 0.05) is 16.6 Å². The van der Waals surface area contributed by atoms with Gasteiger partial charge in [-0.15, -0.1) is 11.8 Å². The van der Waals surface area contributed by atoms with E-state index in [1.54, 1.807) is 0 Å². The molecule has 0 fully saturated rings. The molecule has 13 heavy (non-hydrogen) atoms. The van der Waals surface area contributed by atoms with Crippen LogP contribution in [0.15, 0.2) is 23.1 Å². The molecule has 0 bridgehead atoms. The van der Waals surface area contributed by atoms with E-state index in [4.69, 9.17) is 0 Å². The monoisotopic (exact) mass is 192 g/mol. The van der Waals surface area contributed by atoms with Gasteiger partial charge >= 0.3 is 0 Å². The fraction of sp³-hybridized carbons (Fsp3) is 0.364. The number of benzene rings is 1. The van der Waals surface area contributed by atoms with E-state index in [1.165, 1.54) is 16.0 Å². The van der Waals surface area contributed by atoms with Crippen LogP contribution in [0.4, 0.5) is 0 Å². The van der Waals surface area contributed by atoms with Crippen molar-refractivity contribution in [2.24, 2.45) is 0 Å². The second-order valence-electron chi connectivity index (χ2n) is 3.41. The van der Waals surface area contributed by atoms with Crippen LogP contribution in [0.25, 0.3) is 0 Å². The van der Waals surface area contributed by atoms with Crippen LogP contribution in [0.1, 0.15) is 18.1 Å². The van der Waals surface area contributed by atoms with E-state index in [9.17, 15) is 4.79 Å². The van der Waals surface area contributed by atoms with Crippen LogP contribution in [-0.2, 0) is 17.6 Å². The van der Waals surface area contributed by atoms with E-state index in [2.05, 4.69) is 25.1 Å². The Morgan fingerprint density at radius 3 is 3.23 bits per heavy atom. The standard InChI is InChI=1S/C11H12OS/c1-8-7-10-4-2-3-9(5-6-12)11(10)13-8/h2-4,6,8H,5,7H2,1H3. The number of hydrogen-bond donors (Lipinski definition) is 0. The van der Waals surface area contributed by atoms with Crippen molar-refractivity contribution in [1.29, 1.82) is 0 Å². The number of hydrogen-bond acceptors (Lipinski definition) is 2. The Balaban J connectivity index is 2.39. The fourth-order valence-corrected chi connectivity index (χ4v) is 3.02. The van der Waals surface area contributed by atoms with Gasteiger partial charge in [-0.25, -0.2) is 0 Å². The molecule has 1 aromatic rings. The maximum atomic E-state index is 10.4. The van der Waals surface area contributed by atoms with Crippen molar-refractivity contribution in [3.63, 3.8) is 0 Å². The summed E-state index contributed by atoms with van der Waals surface area (Å²) in [7, 11) is 0. The van der Waals surface area contributed by atoms with Crippen LogP contribution in [0.2, 0.25) is 0 Å². The lowest BCUT2D eigenvalue weighted by Gasteiger charge is -2.03. The molecule has 2 rings (SSSR count). The lowest BCUT2D eigenvalue weighted by molar-refractivity contribution is -0.107. The van der Waals surface area contributed by atoms with E-state index in [-0.39, 0.29) is 0 Å². The summed E-state index contributed by atoms with van der Waals surface area (Å²) in [6.45, 7) is 2.23. The van der Waals surface area contributed by atoms with Gasteiger partial charge in [0.05, 0.1) is 0 Å². The van der Waals surface area contributed by atoms with Crippen LogP contribution in [0.5, 0.6) is 0 Å². The highest BCUT2D eigenvalue weighted by Gasteiger charge is 2.20. The zero-order valence-corrected chi connectivity index (χ0v) is 8.43. The lowest BCUT2D eigenvalue weighted by atomic mass is 10.1. The molecule has 0 amide bonds. The zero-order valence-electron chi connectivity index (χ0n) is 7.62. The Morgan fingerprint density at radius 2 is 2.46 bits per heavy atom. The molecular formula is C11H12OS. The molecule has 0 radical (unpaired) electrons. The van der Waals surface area contributed by atoms with Crippen molar-refractivity contribution in [1.82, 2.24) is 0 Å². The number of carbonyl (C=O) groups excluding carboxylic acids is 1. The number of thioether (sulfide) groups is 1. The fourth-order valence-electron chi connectivity index (χ4n) is 1.75. The molecule has 0 saturated heterocycles. The number of aldehydes is 1. The summed E-state index contributed by atoms with van der Waals surface area (Å²) in [5, 5.41) is 0.669. The molecule has 1 aliphatic rings. The minimum Gasteiger partial charge on any atom is -0.303 e. The molecule has 1 aliphatic heterocycles. The average Bonchev–Trinajstić information content (AvgIpc) is 2.47. The van der Waals surface area contributed by atoms with Gasteiger partial charge in [-0.1, -0.05) is 25.1 Å². The Kier molecular flexibility index (Phi) is 2.40. The van der Waals surface area contributed by atoms with Gasteiger partial charge < -0.3 is 4.79 Å². The van der Waals surface area contributed by atoms with Crippen molar-refractivity contribution < 1.29 is 4.79 Å². The molecule has 1 unspecified atom stereocenters. The topological polar surface area (TPSA) is 17.1 Å². The molecule has 0 spiro atoms. The quantitative estimate of drug-likeness (QED) is 0.670. The third-order valence-electron chi connectivity index (χ3n) is 2.31. The van der Waals surface area contributed by atoms with Crippen molar-refractivity contribution >= 4 is 18.0 Å². The van der Waals surface area contributed by atoms with E-state index in [0.717, 1.165) is 12.7 Å². The van der Waals surface area contributed by atoms with Gasteiger partial charge in [0.1, 0.15) is 6.29 Å². The third kappa shape index (κ3) is 1.63. The third-order valence-corrected chi connectivity index (χ3v) is 3.64. The Hall–Kier alpha value is -0.760. The molecule has 1 nitrogen and oxygen atoms in total. The van der Waals surface area contributed by atoms with Crippen LogP contribution < -0.4 is 0 Å². The lowest BCUT2D eigenvalue weighted by Crippen LogP contribution is -1.91. The predicted molar refractivity (Wildman–Crippen MR) is 55.2 cm³/mol. The van der Waals surface area contributed by atoms with Crippen LogP contribution in [0.3, 0.4) is 0 Å². The molecule has 1 atom stereocenters. The number of rotatable bonds is 2. The van der Waals surface area contributed by atoms with Crippen LogP contribution in [-0.4, -0.2) is 11.5 Å². The van der Waals surface area contributed by atoms with Gasteiger partial charge in [0.25, 0.3) is 0 Å². The molecule has 68 valence electrons. The molecular weight excluding hydrogens is 180 g/mol. The first kappa shape index (κ1) is 8.82.